The summed E-state index contributed by atoms with van der Waals surface area (Å²) < 4.78 is 1.91. The number of aromatic nitrogens is 1. The number of rotatable bonds is 4. The van der Waals surface area contributed by atoms with Gasteiger partial charge in [0.1, 0.15) is 0 Å². The van der Waals surface area contributed by atoms with Crippen molar-refractivity contribution in [1.82, 2.24) is 5.32 Å². The van der Waals surface area contributed by atoms with E-state index in [0.29, 0.717) is 12.6 Å². The fourth-order valence-corrected chi connectivity index (χ4v) is 1.50. The molecule has 3 heteroatoms. The first-order valence-corrected chi connectivity index (χ1v) is 5.55. The van der Waals surface area contributed by atoms with E-state index in [-0.39, 0.29) is 5.91 Å². The summed E-state index contributed by atoms with van der Waals surface area (Å²) in [5.74, 6) is 0.117. The van der Waals surface area contributed by atoms with Crippen LogP contribution in [0.25, 0.3) is 0 Å². The van der Waals surface area contributed by atoms with Crippen molar-refractivity contribution in [2.24, 2.45) is 0 Å². The van der Waals surface area contributed by atoms with Crippen LogP contribution < -0.4 is 9.88 Å². The highest BCUT2D eigenvalue weighted by Crippen LogP contribution is 2.18. The third kappa shape index (κ3) is 3.05. The molecule has 0 unspecified atom stereocenters. The first kappa shape index (κ1) is 10.1. The van der Waals surface area contributed by atoms with Crippen LogP contribution in [-0.4, -0.2) is 11.9 Å². The zero-order valence-corrected chi connectivity index (χ0v) is 9.07. The van der Waals surface area contributed by atoms with Crippen molar-refractivity contribution in [3.8, 4) is 0 Å². The molecular formula is C12H17N2O+. The van der Waals surface area contributed by atoms with Crippen LogP contribution in [-0.2, 0) is 17.8 Å². The molecular weight excluding hydrogens is 188 g/mol. The number of carbonyl (C=O) groups excluding carboxylic acids is 1. The van der Waals surface area contributed by atoms with Gasteiger partial charge >= 0.3 is 0 Å². The molecule has 1 aromatic rings. The molecule has 1 heterocycles. The van der Waals surface area contributed by atoms with E-state index in [1.165, 1.54) is 5.56 Å². The lowest BCUT2D eigenvalue weighted by Crippen LogP contribution is -2.43. The first-order valence-electron chi connectivity index (χ1n) is 5.55. The van der Waals surface area contributed by atoms with Crippen molar-refractivity contribution in [1.29, 1.82) is 0 Å². The van der Waals surface area contributed by atoms with Gasteiger partial charge in [0, 0.05) is 18.2 Å². The summed E-state index contributed by atoms with van der Waals surface area (Å²) in [5.41, 5.74) is 1.30. The second kappa shape index (κ2) is 4.43. The van der Waals surface area contributed by atoms with Crippen LogP contribution in [0, 0.1) is 0 Å². The fraction of sp³-hybridized carbons (Fsp3) is 0.500. The van der Waals surface area contributed by atoms with E-state index < -0.39 is 0 Å². The molecule has 2 rings (SSSR count). The summed E-state index contributed by atoms with van der Waals surface area (Å²) in [6.45, 7) is 2.56. The molecule has 1 N–H and O–H groups in total. The van der Waals surface area contributed by atoms with Gasteiger partial charge in [-0.3, -0.25) is 4.79 Å². The summed E-state index contributed by atoms with van der Waals surface area (Å²) in [5, 5.41) is 2.97. The van der Waals surface area contributed by atoms with Gasteiger partial charge in [-0.15, -0.1) is 0 Å². The Morgan fingerprint density at radius 2 is 2.13 bits per heavy atom. The second-order valence-corrected chi connectivity index (χ2v) is 4.07. The van der Waals surface area contributed by atoms with Crippen LogP contribution in [0.3, 0.4) is 0 Å². The van der Waals surface area contributed by atoms with E-state index in [9.17, 15) is 4.79 Å². The van der Waals surface area contributed by atoms with Crippen LogP contribution in [0.15, 0.2) is 24.5 Å². The lowest BCUT2D eigenvalue weighted by molar-refractivity contribution is -0.684. The van der Waals surface area contributed by atoms with E-state index in [2.05, 4.69) is 24.4 Å². The van der Waals surface area contributed by atoms with E-state index in [4.69, 9.17) is 0 Å². The van der Waals surface area contributed by atoms with E-state index in [1.54, 1.807) is 0 Å². The van der Waals surface area contributed by atoms with Crippen molar-refractivity contribution in [2.45, 2.75) is 38.8 Å². The minimum atomic E-state index is 0.117. The number of aryl methyl sites for hydroxylation is 1. The average Bonchev–Trinajstić information content (AvgIpc) is 3.03. The molecule has 1 aromatic heterocycles. The molecule has 1 saturated carbocycles. The molecule has 0 saturated heterocycles. The van der Waals surface area contributed by atoms with Crippen LogP contribution in [0.2, 0.25) is 0 Å². The molecule has 1 aliphatic carbocycles. The molecule has 0 radical (unpaired) electrons. The van der Waals surface area contributed by atoms with Gasteiger partial charge in [0.25, 0.3) is 5.91 Å². The maximum absolute atomic E-state index is 11.5. The van der Waals surface area contributed by atoms with E-state index in [0.717, 1.165) is 19.3 Å². The highest BCUT2D eigenvalue weighted by Gasteiger charge is 2.24. The predicted octanol–water partition coefficient (Wildman–Crippen LogP) is 0.815. The normalized spacial score (nSPS) is 15.0. The molecule has 1 aliphatic rings. The maximum atomic E-state index is 11.5. The third-order valence-corrected chi connectivity index (χ3v) is 2.64. The predicted molar refractivity (Wildman–Crippen MR) is 57.2 cm³/mol. The minimum absolute atomic E-state index is 0.117. The number of pyridine rings is 1. The summed E-state index contributed by atoms with van der Waals surface area (Å²) in [6.07, 6.45) is 7.25. The number of amides is 1. The summed E-state index contributed by atoms with van der Waals surface area (Å²) in [6, 6.07) is 4.57. The summed E-state index contributed by atoms with van der Waals surface area (Å²) in [7, 11) is 0. The van der Waals surface area contributed by atoms with Crippen LogP contribution >= 0.6 is 0 Å². The van der Waals surface area contributed by atoms with Gasteiger partial charge in [-0.25, -0.2) is 0 Å². The molecule has 3 nitrogen and oxygen atoms in total. The number of carbonyl (C=O) groups is 1. The largest absolute Gasteiger partial charge is 0.348 e. The van der Waals surface area contributed by atoms with Gasteiger partial charge < -0.3 is 5.32 Å². The van der Waals surface area contributed by atoms with Crippen molar-refractivity contribution >= 4 is 5.91 Å². The molecule has 15 heavy (non-hydrogen) atoms. The Bertz CT molecular complexity index is 341. The quantitative estimate of drug-likeness (QED) is 0.725. The molecule has 1 amide bonds. The van der Waals surface area contributed by atoms with Crippen molar-refractivity contribution in [3.05, 3.63) is 30.1 Å². The third-order valence-electron chi connectivity index (χ3n) is 2.64. The zero-order chi connectivity index (χ0) is 10.7. The SMILES string of the molecule is CCc1cc[n+](CC(=O)NC2CC2)cc1. The van der Waals surface area contributed by atoms with Gasteiger partial charge in [-0.05, 0) is 24.8 Å². The fourth-order valence-electron chi connectivity index (χ4n) is 1.50. The first-order chi connectivity index (χ1) is 7.28. The Morgan fingerprint density at radius 3 is 2.67 bits per heavy atom. The highest BCUT2D eigenvalue weighted by atomic mass is 16.2. The standard InChI is InChI=1S/C12H16N2O/c1-2-10-5-7-14(8-6-10)9-12(15)13-11-3-4-11/h5-8,11H,2-4,9H2,1H3/p+1. The van der Waals surface area contributed by atoms with Crippen LogP contribution in [0.4, 0.5) is 0 Å². The van der Waals surface area contributed by atoms with Crippen molar-refractivity contribution < 1.29 is 9.36 Å². The smallest absolute Gasteiger partial charge is 0.286 e. The molecule has 0 spiro atoms. The molecule has 0 aliphatic heterocycles. The minimum Gasteiger partial charge on any atom is -0.348 e. The average molecular weight is 205 g/mol. The molecule has 80 valence electrons. The van der Waals surface area contributed by atoms with Gasteiger partial charge in [-0.1, -0.05) is 6.92 Å². The Hall–Kier alpha value is -1.38. The molecule has 0 atom stereocenters. The van der Waals surface area contributed by atoms with Gasteiger partial charge in [-0.2, -0.15) is 4.57 Å². The van der Waals surface area contributed by atoms with Gasteiger partial charge in [0.15, 0.2) is 12.4 Å². The number of hydrogen-bond acceptors (Lipinski definition) is 1. The summed E-state index contributed by atoms with van der Waals surface area (Å²) in [4.78, 5) is 11.5. The molecule has 0 bridgehead atoms. The second-order valence-electron chi connectivity index (χ2n) is 4.07. The Labute approximate surface area is 90.1 Å². The van der Waals surface area contributed by atoms with Gasteiger partial charge in [0.05, 0.1) is 0 Å². The maximum Gasteiger partial charge on any atom is 0.286 e. The topological polar surface area (TPSA) is 33.0 Å². The van der Waals surface area contributed by atoms with Crippen molar-refractivity contribution in [3.63, 3.8) is 0 Å². The van der Waals surface area contributed by atoms with Crippen molar-refractivity contribution in [2.75, 3.05) is 0 Å². The Kier molecular flexibility index (Phi) is 2.99. The van der Waals surface area contributed by atoms with Gasteiger partial charge in [0.2, 0.25) is 6.54 Å². The lowest BCUT2D eigenvalue weighted by atomic mass is 10.2. The molecule has 1 fully saturated rings. The number of hydrogen-bond donors (Lipinski definition) is 1. The van der Waals surface area contributed by atoms with E-state index in [1.807, 2.05) is 17.0 Å². The van der Waals surface area contributed by atoms with Crippen LogP contribution in [0.1, 0.15) is 25.3 Å². The monoisotopic (exact) mass is 205 g/mol. The summed E-state index contributed by atoms with van der Waals surface area (Å²) >= 11 is 0. The van der Waals surface area contributed by atoms with E-state index >= 15 is 0 Å². The Balaban J connectivity index is 1.88. The highest BCUT2D eigenvalue weighted by molar-refractivity contribution is 5.75. The number of nitrogens with one attached hydrogen (secondary N) is 1. The molecule has 0 aromatic carbocycles. The Morgan fingerprint density at radius 1 is 1.47 bits per heavy atom. The number of nitrogens with zero attached hydrogens (tertiary/aromatic N) is 1. The van der Waals surface area contributed by atoms with Crippen LogP contribution in [0.5, 0.6) is 0 Å². The zero-order valence-electron chi connectivity index (χ0n) is 9.07. The lowest BCUT2D eigenvalue weighted by Gasteiger charge is -2.00.